The van der Waals surface area contributed by atoms with Gasteiger partial charge in [0.1, 0.15) is 0 Å². The number of para-hydroxylation sites is 1. The van der Waals surface area contributed by atoms with Crippen LogP contribution in [0.5, 0.6) is 0 Å². The maximum absolute atomic E-state index is 11.8. The Morgan fingerprint density at radius 3 is 2.52 bits per heavy atom. The van der Waals surface area contributed by atoms with E-state index >= 15 is 0 Å². The second-order valence-corrected chi connectivity index (χ2v) is 5.67. The van der Waals surface area contributed by atoms with Gasteiger partial charge in [0.25, 0.3) is 0 Å². The zero-order valence-electron chi connectivity index (χ0n) is 12.8. The van der Waals surface area contributed by atoms with Crippen LogP contribution in [0, 0.1) is 0 Å². The van der Waals surface area contributed by atoms with Gasteiger partial charge in [0.2, 0.25) is 0 Å². The van der Waals surface area contributed by atoms with Crippen LogP contribution in [0.2, 0.25) is 5.02 Å². The quantitative estimate of drug-likeness (QED) is 0.613. The lowest BCUT2D eigenvalue weighted by molar-refractivity contribution is 0.791. The van der Waals surface area contributed by atoms with Crippen molar-refractivity contribution in [1.82, 2.24) is 30.2 Å². The van der Waals surface area contributed by atoms with E-state index in [1.54, 1.807) is 16.8 Å². The van der Waals surface area contributed by atoms with E-state index in [2.05, 4.69) is 25.5 Å². The van der Waals surface area contributed by atoms with Crippen LogP contribution in [0.3, 0.4) is 0 Å². The van der Waals surface area contributed by atoms with Gasteiger partial charge in [0.15, 0.2) is 5.82 Å². The van der Waals surface area contributed by atoms with Crippen molar-refractivity contribution in [3.63, 3.8) is 0 Å². The zero-order chi connectivity index (χ0) is 17.2. The summed E-state index contributed by atoms with van der Waals surface area (Å²) in [5.74, 6) is 0.472. The van der Waals surface area contributed by atoms with Crippen molar-refractivity contribution < 1.29 is 0 Å². The Balaban J connectivity index is 1.92. The molecule has 25 heavy (non-hydrogen) atoms. The molecule has 122 valence electrons. The van der Waals surface area contributed by atoms with Crippen LogP contribution in [0.1, 0.15) is 0 Å². The number of benzene rings is 2. The summed E-state index contributed by atoms with van der Waals surface area (Å²) < 4.78 is 1.59. The average Bonchev–Trinajstić information content (AvgIpc) is 3.12. The number of rotatable bonds is 3. The predicted octanol–water partition coefficient (Wildman–Crippen LogP) is 2.73. The number of aromatic nitrogens is 6. The highest BCUT2D eigenvalue weighted by molar-refractivity contribution is 6.30. The van der Waals surface area contributed by atoms with Gasteiger partial charge in [-0.3, -0.25) is 0 Å². The Morgan fingerprint density at radius 1 is 1.00 bits per heavy atom. The third kappa shape index (κ3) is 2.92. The topological polar surface area (TPSA) is 89.3 Å². The largest absolute Gasteiger partial charge is 0.345 e. The van der Waals surface area contributed by atoms with E-state index in [9.17, 15) is 4.79 Å². The predicted molar refractivity (Wildman–Crippen MR) is 93.5 cm³/mol. The third-order valence-electron chi connectivity index (χ3n) is 3.66. The minimum Gasteiger partial charge on any atom is -0.305 e. The summed E-state index contributed by atoms with van der Waals surface area (Å²) in [6.45, 7) is 0. The molecule has 0 bridgehead atoms. The van der Waals surface area contributed by atoms with Gasteiger partial charge in [-0.1, -0.05) is 41.9 Å². The highest BCUT2D eigenvalue weighted by Crippen LogP contribution is 2.29. The van der Waals surface area contributed by atoms with Crippen LogP contribution in [-0.2, 0) is 0 Å². The van der Waals surface area contributed by atoms with E-state index in [1.807, 2.05) is 42.5 Å². The first kappa shape index (κ1) is 15.2. The monoisotopic (exact) mass is 350 g/mol. The molecule has 0 aliphatic carbocycles. The van der Waals surface area contributed by atoms with Crippen molar-refractivity contribution in [3.8, 4) is 28.3 Å². The summed E-state index contributed by atoms with van der Waals surface area (Å²) in [4.78, 5) is 18.3. The van der Waals surface area contributed by atoms with E-state index in [4.69, 9.17) is 11.6 Å². The lowest BCUT2D eigenvalue weighted by Crippen LogP contribution is -2.12. The summed E-state index contributed by atoms with van der Waals surface area (Å²) in [6.07, 6.45) is 1.47. The molecule has 0 aliphatic heterocycles. The second-order valence-electron chi connectivity index (χ2n) is 5.23. The van der Waals surface area contributed by atoms with Crippen molar-refractivity contribution in [2.24, 2.45) is 0 Å². The molecule has 1 N–H and O–H groups in total. The van der Waals surface area contributed by atoms with E-state index < -0.39 is 5.69 Å². The molecular weight excluding hydrogens is 340 g/mol. The molecule has 0 fully saturated rings. The average molecular weight is 351 g/mol. The van der Waals surface area contributed by atoms with Crippen LogP contribution in [0.4, 0.5) is 0 Å². The molecule has 0 aliphatic rings. The molecule has 0 amide bonds. The summed E-state index contributed by atoms with van der Waals surface area (Å²) in [7, 11) is 0. The lowest BCUT2D eigenvalue weighted by atomic mass is 10.1. The molecule has 7 nitrogen and oxygen atoms in total. The third-order valence-corrected chi connectivity index (χ3v) is 3.91. The molecule has 2 aromatic heterocycles. The summed E-state index contributed by atoms with van der Waals surface area (Å²) in [6, 6.07) is 16.6. The van der Waals surface area contributed by atoms with Crippen molar-refractivity contribution in [2.75, 3.05) is 0 Å². The molecule has 0 saturated heterocycles. The molecule has 4 rings (SSSR count). The highest BCUT2D eigenvalue weighted by atomic mass is 35.5. The molecule has 2 heterocycles. The number of tetrazole rings is 1. The van der Waals surface area contributed by atoms with Gasteiger partial charge in [-0.2, -0.15) is 4.68 Å². The SMILES string of the molecule is O=c1ncc(-c2nnnn2-c2ccccc2)c(-c2ccc(Cl)cc2)[nH]1. The Kier molecular flexibility index (Phi) is 3.83. The molecule has 0 atom stereocenters. The number of nitrogens with one attached hydrogen (secondary N) is 1. The fourth-order valence-electron chi connectivity index (χ4n) is 2.51. The minimum atomic E-state index is -0.451. The molecule has 8 heteroatoms. The van der Waals surface area contributed by atoms with Gasteiger partial charge in [-0.05, 0) is 40.3 Å². The number of hydrogen-bond donors (Lipinski definition) is 1. The summed E-state index contributed by atoms with van der Waals surface area (Å²) in [5.41, 5.74) is 2.31. The van der Waals surface area contributed by atoms with Crippen LogP contribution >= 0.6 is 11.6 Å². The molecule has 0 spiro atoms. The van der Waals surface area contributed by atoms with Crippen LogP contribution in [0.15, 0.2) is 65.6 Å². The normalized spacial score (nSPS) is 10.8. The Bertz CT molecular complexity index is 1070. The van der Waals surface area contributed by atoms with Gasteiger partial charge >= 0.3 is 5.69 Å². The van der Waals surface area contributed by atoms with Gasteiger partial charge < -0.3 is 4.98 Å². The first-order valence-corrected chi connectivity index (χ1v) is 7.79. The van der Waals surface area contributed by atoms with Crippen molar-refractivity contribution in [3.05, 3.63) is 76.3 Å². The van der Waals surface area contributed by atoms with Crippen molar-refractivity contribution >= 4 is 11.6 Å². The zero-order valence-corrected chi connectivity index (χ0v) is 13.6. The van der Waals surface area contributed by atoms with E-state index in [0.29, 0.717) is 22.1 Å². The van der Waals surface area contributed by atoms with Gasteiger partial charge in [0.05, 0.1) is 16.9 Å². The smallest absolute Gasteiger partial charge is 0.305 e. The maximum atomic E-state index is 11.8. The van der Waals surface area contributed by atoms with Crippen LogP contribution in [0.25, 0.3) is 28.3 Å². The molecule has 4 aromatic rings. The molecule has 0 radical (unpaired) electrons. The molecule has 0 saturated carbocycles. The molecule has 0 unspecified atom stereocenters. The number of H-pyrrole nitrogens is 1. The molecular formula is C17H11ClN6O. The second kappa shape index (κ2) is 6.29. The number of hydrogen-bond acceptors (Lipinski definition) is 5. The fraction of sp³-hybridized carbons (Fsp3) is 0. The Labute approximate surface area is 146 Å². The number of nitrogens with zero attached hydrogens (tertiary/aromatic N) is 5. The first-order valence-electron chi connectivity index (χ1n) is 7.42. The van der Waals surface area contributed by atoms with Crippen LogP contribution in [-0.4, -0.2) is 30.2 Å². The lowest BCUT2D eigenvalue weighted by Gasteiger charge is -2.09. The molecule has 2 aromatic carbocycles. The number of halogens is 1. The van der Waals surface area contributed by atoms with Crippen LogP contribution < -0.4 is 5.69 Å². The Morgan fingerprint density at radius 2 is 1.76 bits per heavy atom. The maximum Gasteiger partial charge on any atom is 0.345 e. The van der Waals surface area contributed by atoms with Gasteiger partial charge in [-0.15, -0.1) is 5.10 Å². The van der Waals surface area contributed by atoms with E-state index in [-0.39, 0.29) is 0 Å². The van der Waals surface area contributed by atoms with Gasteiger partial charge in [0, 0.05) is 11.2 Å². The summed E-state index contributed by atoms with van der Waals surface area (Å²) in [5, 5.41) is 12.5. The minimum absolute atomic E-state index is 0.451. The van der Waals surface area contributed by atoms with E-state index in [0.717, 1.165) is 11.3 Å². The van der Waals surface area contributed by atoms with Crippen molar-refractivity contribution in [2.45, 2.75) is 0 Å². The Hall–Kier alpha value is -3.32. The standard InChI is InChI=1S/C17H11ClN6O/c18-12-8-6-11(7-9-12)15-14(10-19-17(25)20-15)16-21-22-23-24(16)13-4-2-1-3-5-13/h1-10H,(H,19,20,25). The van der Waals surface area contributed by atoms with E-state index in [1.165, 1.54) is 6.20 Å². The fourth-order valence-corrected chi connectivity index (χ4v) is 2.63. The summed E-state index contributed by atoms with van der Waals surface area (Å²) >= 11 is 5.95. The first-order chi connectivity index (χ1) is 12.2. The number of aromatic amines is 1. The highest BCUT2D eigenvalue weighted by Gasteiger charge is 2.17. The van der Waals surface area contributed by atoms with Gasteiger partial charge in [-0.25, -0.2) is 9.78 Å². The van der Waals surface area contributed by atoms with Crippen molar-refractivity contribution in [1.29, 1.82) is 0 Å².